The summed E-state index contributed by atoms with van der Waals surface area (Å²) in [6.45, 7) is 9.41. The number of hydrogen-bond donors (Lipinski definition) is 1. The van der Waals surface area contributed by atoms with Gasteiger partial charge in [-0.1, -0.05) is 26.7 Å². The van der Waals surface area contributed by atoms with Crippen molar-refractivity contribution in [1.82, 2.24) is 10.2 Å². The van der Waals surface area contributed by atoms with Crippen molar-refractivity contribution in [3.05, 3.63) is 0 Å². The van der Waals surface area contributed by atoms with Gasteiger partial charge in [-0.15, -0.1) is 0 Å². The fraction of sp³-hybridized carbons (Fsp3) is 0.842. The maximum Gasteiger partial charge on any atom is 0.408 e. The predicted molar refractivity (Wildman–Crippen MR) is 101 cm³/mol. The summed E-state index contributed by atoms with van der Waals surface area (Å²) in [6.07, 6.45) is 3.76. The number of esters is 1. The van der Waals surface area contributed by atoms with Gasteiger partial charge in [-0.25, -0.2) is 4.79 Å². The maximum atomic E-state index is 13.1. The summed E-state index contributed by atoms with van der Waals surface area (Å²) in [5, 5.41) is 2.66. The normalized spacial score (nSPS) is 16.3. The van der Waals surface area contributed by atoms with Crippen LogP contribution >= 0.6 is 0 Å². The summed E-state index contributed by atoms with van der Waals surface area (Å²) in [6, 6.07) is -0.754. The summed E-state index contributed by atoms with van der Waals surface area (Å²) in [7, 11) is 1.30. The predicted octanol–water partition coefficient (Wildman–Crippen LogP) is 2.97. The molecule has 0 unspecified atom stereocenters. The van der Waals surface area contributed by atoms with Gasteiger partial charge in [-0.2, -0.15) is 0 Å². The second kappa shape index (κ2) is 9.78. The Bertz CT molecular complexity index is 499. The summed E-state index contributed by atoms with van der Waals surface area (Å²) in [4.78, 5) is 38.5. The molecule has 1 saturated carbocycles. The van der Waals surface area contributed by atoms with Crippen LogP contribution in [0.25, 0.3) is 0 Å². The molecule has 2 amide bonds. The van der Waals surface area contributed by atoms with E-state index >= 15 is 0 Å². The highest BCUT2D eigenvalue weighted by molar-refractivity contribution is 5.88. The summed E-state index contributed by atoms with van der Waals surface area (Å²) in [5.74, 6) is -0.490. The van der Waals surface area contributed by atoms with E-state index in [2.05, 4.69) is 5.32 Å². The Morgan fingerprint density at radius 2 is 1.77 bits per heavy atom. The van der Waals surface area contributed by atoms with Gasteiger partial charge in [0.1, 0.15) is 18.2 Å². The van der Waals surface area contributed by atoms with E-state index in [1.165, 1.54) is 12.0 Å². The third kappa shape index (κ3) is 7.62. The topological polar surface area (TPSA) is 84.9 Å². The van der Waals surface area contributed by atoms with Crippen LogP contribution in [0.4, 0.5) is 4.79 Å². The molecule has 0 aromatic heterocycles. The van der Waals surface area contributed by atoms with E-state index in [1.54, 1.807) is 20.8 Å². The fourth-order valence-electron chi connectivity index (χ4n) is 3.10. The molecule has 0 radical (unpaired) electrons. The molecule has 1 aliphatic rings. The van der Waals surface area contributed by atoms with E-state index in [4.69, 9.17) is 9.47 Å². The summed E-state index contributed by atoms with van der Waals surface area (Å²) in [5.41, 5.74) is -0.649. The number of ether oxygens (including phenoxy) is 2. The quantitative estimate of drug-likeness (QED) is 0.695. The number of methoxy groups -OCH3 is 1. The fourth-order valence-corrected chi connectivity index (χ4v) is 3.10. The third-order valence-electron chi connectivity index (χ3n) is 4.42. The standard InChI is InChI=1S/C19H34N2O5.H2/c1-13(2)16(20-18(24)26-19(3,4)5)17(23)21(12-15(22)25-6)11-14-9-7-8-10-14;/h13-14,16H,7-12H2,1-6H3,(H,20,24);1H/t16-;/m0./s1. The van der Waals surface area contributed by atoms with Crippen molar-refractivity contribution in [2.45, 2.75) is 71.9 Å². The van der Waals surface area contributed by atoms with E-state index in [1.807, 2.05) is 13.8 Å². The molecule has 0 bridgehead atoms. The first-order chi connectivity index (χ1) is 12.0. The molecule has 1 aliphatic carbocycles. The van der Waals surface area contributed by atoms with Crippen molar-refractivity contribution in [3.63, 3.8) is 0 Å². The minimum atomic E-state index is -0.754. The average Bonchev–Trinajstić information content (AvgIpc) is 3.02. The number of rotatable bonds is 7. The van der Waals surface area contributed by atoms with Crippen LogP contribution in [0, 0.1) is 11.8 Å². The van der Waals surface area contributed by atoms with Crippen LogP contribution in [-0.2, 0) is 19.1 Å². The molecule has 0 aromatic rings. The van der Waals surface area contributed by atoms with Gasteiger partial charge in [0.25, 0.3) is 0 Å². The first-order valence-corrected chi connectivity index (χ1v) is 9.38. The molecule has 1 rings (SSSR count). The van der Waals surface area contributed by atoms with Crippen molar-refractivity contribution in [2.24, 2.45) is 11.8 Å². The highest BCUT2D eigenvalue weighted by Crippen LogP contribution is 2.26. The number of nitrogens with zero attached hydrogens (tertiary/aromatic N) is 1. The molecule has 1 N–H and O–H groups in total. The van der Waals surface area contributed by atoms with Crippen LogP contribution in [-0.4, -0.2) is 54.7 Å². The lowest BCUT2D eigenvalue weighted by molar-refractivity contribution is -0.148. The molecule has 0 heterocycles. The van der Waals surface area contributed by atoms with Crippen LogP contribution in [0.2, 0.25) is 0 Å². The zero-order chi connectivity index (χ0) is 19.9. The Labute approximate surface area is 158 Å². The van der Waals surface area contributed by atoms with Crippen LogP contribution in [0.3, 0.4) is 0 Å². The van der Waals surface area contributed by atoms with Crippen molar-refractivity contribution in [1.29, 1.82) is 0 Å². The molecule has 0 aromatic carbocycles. The van der Waals surface area contributed by atoms with Crippen molar-refractivity contribution in [2.75, 3.05) is 20.2 Å². The molecule has 26 heavy (non-hydrogen) atoms. The van der Waals surface area contributed by atoms with Gasteiger partial charge >= 0.3 is 12.1 Å². The Kier molecular flexibility index (Phi) is 8.37. The number of hydrogen-bond acceptors (Lipinski definition) is 5. The van der Waals surface area contributed by atoms with Gasteiger partial charge in [-0.3, -0.25) is 9.59 Å². The summed E-state index contributed by atoms with van der Waals surface area (Å²) < 4.78 is 10.0. The van der Waals surface area contributed by atoms with E-state index in [0.29, 0.717) is 12.5 Å². The second-order valence-electron chi connectivity index (χ2n) is 8.31. The number of carbonyl (C=O) groups is 3. The molecule has 7 nitrogen and oxygen atoms in total. The Morgan fingerprint density at radius 3 is 2.23 bits per heavy atom. The highest BCUT2D eigenvalue weighted by Gasteiger charge is 2.33. The largest absolute Gasteiger partial charge is 0.468 e. The van der Waals surface area contributed by atoms with Gasteiger partial charge in [0.05, 0.1) is 7.11 Å². The van der Waals surface area contributed by atoms with Crippen LogP contribution in [0.15, 0.2) is 0 Å². The minimum Gasteiger partial charge on any atom is -0.468 e. The van der Waals surface area contributed by atoms with Crippen LogP contribution in [0.5, 0.6) is 0 Å². The van der Waals surface area contributed by atoms with E-state index < -0.39 is 23.7 Å². The molecular formula is C19H36N2O5. The van der Waals surface area contributed by atoms with E-state index in [-0.39, 0.29) is 19.8 Å². The van der Waals surface area contributed by atoms with Gasteiger partial charge < -0.3 is 19.7 Å². The van der Waals surface area contributed by atoms with E-state index in [9.17, 15) is 14.4 Å². The smallest absolute Gasteiger partial charge is 0.408 e. The van der Waals surface area contributed by atoms with Gasteiger partial charge in [0.2, 0.25) is 5.91 Å². The third-order valence-corrected chi connectivity index (χ3v) is 4.42. The monoisotopic (exact) mass is 372 g/mol. The lowest BCUT2D eigenvalue weighted by Gasteiger charge is -2.31. The van der Waals surface area contributed by atoms with Crippen LogP contribution in [0.1, 0.15) is 61.7 Å². The van der Waals surface area contributed by atoms with Crippen molar-refractivity contribution in [3.8, 4) is 0 Å². The molecule has 7 heteroatoms. The molecular weight excluding hydrogens is 336 g/mol. The maximum absolute atomic E-state index is 13.1. The molecule has 1 atom stereocenters. The van der Waals surface area contributed by atoms with Crippen molar-refractivity contribution < 1.29 is 25.3 Å². The first kappa shape index (κ1) is 22.3. The Balaban J connectivity index is 0.00000676. The summed E-state index contributed by atoms with van der Waals surface area (Å²) >= 11 is 0. The SMILES string of the molecule is COC(=O)CN(CC1CCCC1)C(=O)[C@@H](NC(=O)OC(C)(C)C)C(C)C.[HH]. The first-order valence-electron chi connectivity index (χ1n) is 9.38. The minimum absolute atomic E-state index is 0. The molecule has 152 valence electrons. The lowest BCUT2D eigenvalue weighted by Crippen LogP contribution is -2.54. The molecule has 0 aliphatic heterocycles. The Hall–Kier alpha value is -1.79. The van der Waals surface area contributed by atoms with Crippen molar-refractivity contribution >= 4 is 18.0 Å². The zero-order valence-electron chi connectivity index (χ0n) is 17.0. The molecule has 0 spiro atoms. The average molecular weight is 373 g/mol. The number of amides is 2. The van der Waals surface area contributed by atoms with Crippen LogP contribution < -0.4 is 5.32 Å². The van der Waals surface area contributed by atoms with Gasteiger partial charge in [0, 0.05) is 7.97 Å². The van der Waals surface area contributed by atoms with E-state index in [0.717, 1.165) is 25.7 Å². The van der Waals surface area contributed by atoms with Gasteiger partial charge in [0.15, 0.2) is 0 Å². The lowest BCUT2D eigenvalue weighted by atomic mass is 10.0. The number of alkyl carbamates (subject to hydrolysis) is 1. The second-order valence-corrected chi connectivity index (χ2v) is 8.31. The Morgan fingerprint density at radius 1 is 1.19 bits per heavy atom. The number of nitrogens with one attached hydrogen (secondary N) is 1. The number of carbonyl (C=O) groups excluding carboxylic acids is 3. The molecule has 0 saturated heterocycles. The zero-order valence-corrected chi connectivity index (χ0v) is 17.0. The highest BCUT2D eigenvalue weighted by atomic mass is 16.6. The van der Waals surface area contributed by atoms with Gasteiger partial charge in [-0.05, 0) is 45.4 Å². The molecule has 1 fully saturated rings.